The van der Waals surface area contributed by atoms with Crippen molar-refractivity contribution in [2.24, 2.45) is 0 Å². The second kappa shape index (κ2) is 9.63. The Balaban J connectivity index is 1.74. The van der Waals surface area contributed by atoms with E-state index in [0.717, 1.165) is 40.0 Å². The van der Waals surface area contributed by atoms with Gasteiger partial charge in [0, 0.05) is 16.6 Å². The van der Waals surface area contributed by atoms with Crippen molar-refractivity contribution in [1.29, 1.82) is 0 Å². The molecule has 8 nitrogen and oxygen atoms in total. The highest BCUT2D eigenvalue weighted by Crippen LogP contribution is 2.27. The Hall–Kier alpha value is -3.05. The van der Waals surface area contributed by atoms with E-state index in [4.69, 9.17) is 0 Å². The van der Waals surface area contributed by atoms with E-state index in [0.29, 0.717) is 17.5 Å². The maximum absolute atomic E-state index is 13.2. The van der Waals surface area contributed by atoms with Gasteiger partial charge in [0.15, 0.2) is 11.0 Å². The van der Waals surface area contributed by atoms with Crippen LogP contribution in [0.5, 0.6) is 0 Å². The first-order valence-corrected chi connectivity index (χ1v) is 10.3. The molecule has 0 fully saturated rings. The zero-order valence-corrected chi connectivity index (χ0v) is 17.8. The first-order chi connectivity index (χ1) is 14.4. The number of carbonyl (C=O) groups is 1. The number of anilines is 1. The first kappa shape index (κ1) is 21.7. The highest BCUT2D eigenvalue weighted by Gasteiger charge is 2.19. The number of nitro benzene ring substituents is 1. The lowest BCUT2D eigenvalue weighted by Gasteiger charge is -2.08. The van der Waals surface area contributed by atoms with Crippen molar-refractivity contribution < 1.29 is 14.1 Å². The molecule has 1 aromatic heterocycles. The number of thioether (sulfide) groups is 1. The molecule has 1 amide bonds. The average Bonchev–Trinajstić information content (AvgIpc) is 3.11. The predicted octanol–water partition coefficient (Wildman–Crippen LogP) is 4.67. The molecule has 0 saturated carbocycles. The van der Waals surface area contributed by atoms with Gasteiger partial charge in [-0.05, 0) is 24.3 Å². The second-order valence-corrected chi connectivity index (χ2v) is 7.83. The van der Waals surface area contributed by atoms with Crippen molar-refractivity contribution in [1.82, 2.24) is 14.8 Å². The SMILES string of the molecule is C=CCn1c(SCC(=O)Nc2ccc(F)cc2[N+](=O)[O-])nnc1-c1ccc(Br)cc1. The van der Waals surface area contributed by atoms with Crippen molar-refractivity contribution in [2.45, 2.75) is 11.7 Å². The van der Waals surface area contributed by atoms with Crippen molar-refractivity contribution in [3.05, 3.63) is 75.5 Å². The summed E-state index contributed by atoms with van der Waals surface area (Å²) in [6.07, 6.45) is 1.69. The number of hydrogen-bond acceptors (Lipinski definition) is 6. The van der Waals surface area contributed by atoms with Crippen LogP contribution in [0.1, 0.15) is 0 Å². The van der Waals surface area contributed by atoms with Crippen LogP contribution in [0.4, 0.5) is 15.8 Å². The normalized spacial score (nSPS) is 10.6. The van der Waals surface area contributed by atoms with E-state index < -0.39 is 22.3 Å². The predicted molar refractivity (Wildman–Crippen MR) is 116 cm³/mol. The maximum Gasteiger partial charge on any atom is 0.295 e. The third-order valence-electron chi connectivity index (χ3n) is 3.89. The van der Waals surface area contributed by atoms with E-state index in [-0.39, 0.29) is 11.4 Å². The Morgan fingerprint density at radius 3 is 2.70 bits per heavy atom. The van der Waals surface area contributed by atoms with Gasteiger partial charge in [-0.25, -0.2) is 4.39 Å². The molecule has 3 aromatic rings. The van der Waals surface area contributed by atoms with E-state index in [1.54, 1.807) is 6.08 Å². The summed E-state index contributed by atoms with van der Waals surface area (Å²) in [7, 11) is 0. The average molecular weight is 492 g/mol. The van der Waals surface area contributed by atoms with E-state index in [1.807, 2.05) is 28.8 Å². The summed E-state index contributed by atoms with van der Waals surface area (Å²) in [6, 6.07) is 10.5. The van der Waals surface area contributed by atoms with Crippen molar-refractivity contribution >= 4 is 45.0 Å². The first-order valence-electron chi connectivity index (χ1n) is 8.55. The zero-order chi connectivity index (χ0) is 21.7. The summed E-state index contributed by atoms with van der Waals surface area (Å²) in [4.78, 5) is 22.6. The Bertz CT molecular complexity index is 1100. The van der Waals surface area contributed by atoms with Gasteiger partial charge in [0.1, 0.15) is 11.5 Å². The quantitative estimate of drug-likeness (QED) is 0.212. The van der Waals surface area contributed by atoms with Gasteiger partial charge in [-0.3, -0.25) is 19.5 Å². The molecule has 0 aliphatic carbocycles. The molecule has 1 N–H and O–H groups in total. The van der Waals surface area contributed by atoms with Crippen LogP contribution in [-0.2, 0) is 11.3 Å². The molecule has 1 heterocycles. The molecular weight excluding hydrogens is 477 g/mol. The zero-order valence-electron chi connectivity index (χ0n) is 15.4. The van der Waals surface area contributed by atoms with Crippen LogP contribution >= 0.6 is 27.7 Å². The fraction of sp³-hybridized carbons (Fsp3) is 0.105. The van der Waals surface area contributed by atoms with Crippen LogP contribution in [0.3, 0.4) is 0 Å². The fourth-order valence-corrected chi connectivity index (χ4v) is 3.59. The van der Waals surface area contributed by atoms with E-state index in [2.05, 4.69) is 38.0 Å². The lowest BCUT2D eigenvalue weighted by atomic mass is 10.2. The van der Waals surface area contributed by atoms with Gasteiger partial charge in [-0.15, -0.1) is 16.8 Å². The van der Waals surface area contributed by atoms with Crippen molar-refractivity contribution in [3.8, 4) is 11.4 Å². The number of benzene rings is 2. The molecule has 0 spiro atoms. The summed E-state index contributed by atoms with van der Waals surface area (Å²) in [6.45, 7) is 4.18. The van der Waals surface area contributed by atoms with E-state index in [1.165, 1.54) is 0 Å². The van der Waals surface area contributed by atoms with Gasteiger partial charge < -0.3 is 5.32 Å². The minimum atomic E-state index is -0.757. The maximum atomic E-state index is 13.2. The van der Waals surface area contributed by atoms with Gasteiger partial charge in [0.2, 0.25) is 5.91 Å². The summed E-state index contributed by atoms with van der Waals surface area (Å²) in [5.41, 5.74) is 0.265. The number of nitro groups is 1. The van der Waals surface area contributed by atoms with E-state index >= 15 is 0 Å². The monoisotopic (exact) mass is 491 g/mol. The Morgan fingerprint density at radius 2 is 2.03 bits per heavy atom. The summed E-state index contributed by atoms with van der Waals surface area (Å²) >= 11 is 4.51. The number of carbonyl (C=O) groups excluding carboxylic acids is 1. The number of aromatic nitrogens is 3. The highest BCUT2D eigenvalue weighted by molar-refractivity contribution is 9.10. The van der Waals surface area contributed by atoms with Gasteiger partial charge in [0.05, 0.1) is 16.7 Å². The minimum Gasteiger partial charge on any atom is -0.320 e. The van der Waals surface area contributed by atoms with Crippen LogP contribution in [0, 0.1) is 15.9 Å². The topological polar surface area (TPSA) is 103 Å². The fourth-order valence-electron chi connectivity index (χ4n) is 2.58. The largest absolute Gasteiger partial charge is 0.320 e. The molecule has 154 valence electrons. The molecule has 2 aromatic carbocycles. The lowest BCUT2D eigenvalue weighted by molar-refractivity contribution is -0.384. The van der Waals surface area contributed by atoms with Crippen molar-refractivity contribution in [3.63, 3.8) is 0 Å². The number of hydrogen-bond donors (Lipinski definition) is 1. The summed E-state index contributed by atoms with van der Waals surface area (Å²) in [5, 5.41) is 22.3. The van der Waals surface area contributed by atoms with Crippen LogP contribution in [0.2, 0.25) is 0 Å². The van der Waals surface area contributed by atoms with Crippen LogP contribution in [-0.4, -0.2) is 31.3 Å². The Kier molecular flexibility index (Phi) is 6.95. The Morgan fingerprint density at radius 1 is 1.30 bits per heavy atom. The molecule has 0 unspecified atom stereocenters. The molecule has 0 atom stereocenters. The Labute approximate surface area is 183 Å². The van der Waals surface area contributed by atoms with Crippen LogP contribution < -0.4 is 5.32 Å². The lowest BCUT2D eigenvalue weighted by Crippen LogP contribution is -2.15. The molecule has 0 aliphatic rings. The number of amides is 1. The van der Waals surface area contributed by atoms with Gasteiger partial charge >= 0.3 is 0 Å². The van der Waals surface area contributed by atoms with Crippen LogP contribution in [0.15, 0.2) is 64.7 Å². The molecule has 0 aliphatic heterocycles. The van der Waals surface area contributed by atoms with Crippen LogP contribution in [0.25, 0.3) is 11.4 Å². The summed E-state index contributed by atoms with van der Waals surface area (Å²) in [5.74, 6) is -0.691. The summed E-state index contributed by atoms with van der Waals surface area (Å²) < 4.78 is 16.0. The number of nitrogens with one attached hydrogen (secondary N) is 1. The van der Waals surface area contributed by atoms with Gasteiger partial charge in [-0.2, -0.15) is 0 Å². The highest BCUT2D eigenvalue weighted by atomic mass is 79.9. The number of halogens is 2. The van der Waals surface area contributed by atoms with Gasteiger partial charge in [0.25, 0.3) is 5.69 Å². The van der Waals surface area contributed by atoms with Crippen molar-refractivity contribution in [2.75, 3.05) is 11.1 Å². The molecule has 11 heteroatoms. The molecule has 30 heavy (non-hydrogen) atoms. The van der Waals surface area contributed by atoms with E-state index in [9.17, 15) is 19.3 Å². The third-order valence-corrected chi connectivity index (χ3v) is 5.39. The van der Waals surface area contributed by atoms with Gasteiger partial charge in [-0.1, -0.05) is 45.9 Å². The minimum absolute atomic E-state index is 0.0653. The molecule has 0 radical (unpaired) electrons. The molecule has 0 bridgehead atoms. The standard InChI is InChI=1S/C19H15BrFN5O3S/c1-2-9-25-18(12-3-5-13(20)6-4-12)23-24-19(25)30-11-17(27)22-15-8-7-14(21)10-16(15)26(28)29/h2-8,10H,1,9,11H2,(H,22,27). The number of nitrogens with zero attached hydrogens (tertiary/aromatic N) is 4. The molecular formula is C19H15BrFN5O3S. The second-order valence-electron chi connectivity index (χ2n) is 5.97. The number of allylic oxidation sites excluding steroid dienone is 1. The smallest absolute Gasteiger partial charge is 0.295 e. The third kappa shape index (κ3) is 5.10. The number of rotatable bonds is 8. The molecule has 3 rings (SSSR count). The molecule has 0 saturated heterocycles.